The minimum absolute atomic E-state index is 0.110. The molecule has 0 fully saturated rings. The van der Waals surface area contributed by atoms with Crippen LogP contribution >= 0.6 is 0 Å². The predicted molar refractivity (Wildman–Crippen MR) is 98.9 cm³/mol. The monoisotopic (exact) mass is 327 g/mol. The average molecular weight is 327 g/mol. The maximum Gasteiger partial charge on any atom is 0.159 e. The second-order valence-corrected chi connectivity index (χ2v) is 5.75. The van der Waals surface area contributed by atoms with Gasteiger partial charge in [-0.1, -0.05) is 36.4 Å². The number of nitrogens with one attached hydrogen (secondary N) is 1. The zero-order valence-electron chi connectivity index (χ0n) is 13.6. The van der Waals surface area contributed by atoms with Crippen LogP contribution in [0.2, 0.25) is 0 Å². The van der Waals surface area contributed by atoms with Crippen LogP contribution in [-0.4, -0.2) is 27.3 Å². The lowest BCUT2D eigenvalue weighted by atomic mass is 10.1. The molecule has 0 saturated carbocycles. The molecule has 3 aromatic rings. The lowest BCUT2D eigenvalue weighted by Gasteiger charge is -2.10. The molecule has 25 heavy (non-hydrogen) atoms. The minimum atomic E-state index is 0.110. The molecule has 1 N–H and O–H groups in total. The summed E-state index contributed by atoms with van der Waals surface area (Å²) < 4.78 is 0. The number of pyridine rings is 1. The first-order chi connectivity index (χ1) is 12.4. The van der Waals surface area contributed by atoms with Gasteiger partial charge in [0.15, 0.2) is 5.82 Å². The summed E-state index contributed by atoms with van der Waals surface area (Å²) in [7, 11) is 0. The van der Waals surface area contributed by atoms with Gasteiger partial charge in [0, 0.05) is 35.9 Å². The smallest absolute Gasteiger partial charge is 0.159 e. The van der Waals surface area contributed by atoms with Gasteiger partial charge in [-0.05, 0) is 23.8 Å². The van der Waals surface area contributed by atoms with Crippen LogP contribution in [-0.2, 0) is 0 Å². The standard InChI is InChI=1S/C20H17N5/c1-2-6-16(7-3-1)20-23-12-17(13-24-20)18-14-22-19(25-18)9-8-15-5-4-10-21-11-15/h1-13,18H,14H2,(H,22,25)/b9-8+. The van der Waals surface area contributed by atoms with E-state index in [1.807, 2.05) is 73.2 Å². The van der Waals surface area contributed by atoms with Crippen LogP contribution in [0.25, 0.3) is 17.5 Å². The second-order valence-electron chi connectivity index (χ2n) is 5.75. The Kier molecular flexibility index (Phi) is 4.29. The number of hydrogen-bond acceptors (Lipinski definition) is 5. The lowest BCUT2D eigenvalue weighted by molar-refractivity contribution is 0.702. The van der Waals surface area contributed by atoms with Crippen LogP contribution in [0.15, 0.2) is 78.3 Å². The maximum absolute atomic E-state index is 4.53. The number of aliphatic imine (C=N–C) groups is 1. The molecule has 5 nitrogen and oxygen atoms in total. The van der Waals surface area contributed by atoms with E-state index in [2.05, 4.69) is 25.3 Å². The summed E-state index contributed by atoms with van der Waals surface area (Å²) in [6.07, 6.45) is 11.3. The van der Waals surface area contributed by atoms with E-state index >= 15 is 0 Å². The molecule has 1 unspecified atom stereocenters. The highest BCUT2D eigenvalue weighted by Crippen LogP contribution is 2.19. The molecule has 1 aliphatic heterocycles. The van der Waals surface area contributed by atoms with Gasteiger partial charge in [-0.15, -0.1) is 0 Å². The number of rotatable bonds is 4. The second kappa shape index (κ2) is 7.05. The highest BCUT2D eigenvalue weighted by Gasteiger charge is 2.18. The molecule has 3 heterocycles. The SMILES string of the molecule is C(=C\c1cccnc1)/C1=NCC(c2cnc(-c3ccccc3)nc2)N1. The van der Waals surface area contributed by atoms with Crippen molar-refractivity contribution in [1.82, 2.24) is 20.3 Å². The summed E-state index contributed by atoms with van der Waals surface area (Å²) in [6.45, 7) is 0.681. The fraction of sp³-hybridized carbons (Fsp3) is 0.100. The number of benzene rings is 1. The summed E-state index contributed by atoms with van der Waals surface area (Å²) in [4.78, 5) is 17.6. The third kappa shape index (κ3) is 3.61. The topological polar surface area (TPSA) is 63.1 Å². The fourth-order valence-corrected chi connectivity index (χ4v) is 2.65. The Bertz CT molecular complexity index is 886. The van der Waals surface area contributed by atoms with Crippen LogP contribution in [0.3, 0.4) is 0 Å². The molecule has 122 valence electrons. The summed E-state index contributed by atoms with van der Waals surface area (Å²) in [6, 6.07) is 14.0. The van der Waals surface area contributed by atoms with Gasteiger partial charge in [0.1, 0.15) is 5.84 Å². The summed E-state index contributed by atoms with van der Waals surface area (Å²) in [5.41, 5.74) is 3.10. The van der Waals surface area contributed by atoms with E-state index in [0.717, 1.165) is 28.4 Å². The van der Waals surface area contributed by atoms with Gasteiger partial charge in [0.25, 0.3) is 0 Å². The van der Waals surface area contributed by atoms with Crippen LogP contribution in [0.4, 0.5) is 0 Å². The first-order valence-corrected chi connectivity index (χ1v) is 8.15. The van der Waals surface area contributed by atoms with Gasteiger partial charge in [0.2, 0.25) is 0 Å². The Balaban J connectivity index is 1.42. The zero-order valence-corrected chi connectivity index (χ0v) is 13.6. The Morgan fingerprint density at radius 2 is 1.76 bits per heavy atom. The molecule has 0 saturated heterocycles. The van der Waals surface area contributed by atoms with Crippen molar-refractivity contribution in [2.24, 2.45) is 4.99 Å². The molecule has 0 spiro atoms. The van der Waals surface area contributed by atoms with Gasteiger partial charge in [-0.3, -0.25) is 9.98 Å². The lowest BCUT2D eigenvalue weighted by Crippen LogP contribution is -2.22. The highest BCUT2D eigenvalue weighted by molar-refractivity contribution is 5.97. The van der Waals surface area contributed by atoms with E-state index in [0.29, 0.717) is 6.54 Å². The predicted octanol–water partition coefficient (Wildman–Crippen LogP) is 3.29. The Labute approximate surface area is 146 Å². The molecule has 0 amide bonds. The number of hydrogen-bond donors (Lipinski definition) is 1. The molecular formula is C20H17N5. The normalized spacial score (nSPS) is 16.6. The molecule has 1 aliphatic rings. The molecular weight excluding hydrogens is 310 g/mol. The molecule has 0 bridgehead atoms. The molecule has 2 aromatic heterocycles. The molecule has 0 aliphatic carbocycles. The third-order valence-corrected chi connectivity index (χ3v) is 3.99. The van der Waals surface area contributed by atoms with E-state index in [9.17, 15) is 0 Å². The highest BCUT2D eigenvalue weighted by atomic mass is 15.1. The average Bonchev–Trinajstić information content (AvgIpc) is 3.17. The fourth-order valence-electron chi connectivity index (χ4n) is 2.65. The summed E-state index contributed by atoms with van der Waals surface area (Å²) >= 11 is 0. The molecule has 0 radical (unpaired) electrons. The largest absolute Gasteiger partial charge is 0.362 e. The van der Waals surface area contributed by atoms with Crippen molar-refractivity contribution in [3.8, 4) is 11.4 Å². The van der Waals surface area contributed by atoms with Crippen LogP contribution in [0.1, 0.15) is 17.2 Å². The van der Waals surface area contributed by atoms with E-state index in [4.69, 9.17) is 0 Å². The van der Waals surface area contributed by atoms with Crippen LogP contribution in [0, 0.1) is 0 Å². The maximum atomic E-state index is 4.53. The van der Waals surface area contributed by atoms with Crippen molar-refractivity contribution < 1.29 is 0 Å². The summed E-state index contributed by atoms with van der Waals surface area (Å²) in [5.74, 6) is 1.60. The quantitative estimate of drug-likeness (QED) is 0.798. The first kappa shape index (κ1) is 15.2. The molecule has 5 heteroatoms. The Morgan fingerprint density at radius 3 is 2.52 bits per heavy atom. The van der Waals surface area contributed by atoms with E-state index in [-0.39, 0.29) is 6.04 Å². The third-order valence-electron chi connectivity index (χ3n) is 3.99. The van der Waals surface area contributed by atoms with Crippen molar-refractivity contribution >= 4 is 11.9 Å². The minimum Gasteiger partial charge on any atom is -0.362 e. The summed E-state index contributed by atoms with van der Waals surface area (Å²) in [5, 5.41) is 3.40. The van der Waals surface area contributed by atoms with E-state index < -0.39 is 0 Å². The number of nitrogens with zero attached hydrogens (tertiary/aromatic N) is 4. The van der Waals surface area contributed by atoms with Gasteiger partial charge in [-0.25, -0.2) is 9.97 Å². The number of amidine groups is 1. The first-order valence-electron chi connectivity index (χ1n) is 8.15. The van der Waals surface area contributed by atoms with Gasteiger partial charge in [-0.2, -0.15) is 0 Å². The molecule has 4 rings (SSSR count). The Hall–Kier alpha value is -3.34. The van der Waals surface area contributed by atoms with E-state index in [1.54, 1.807) is 6.20 Å². The van der Waals surface area contributed by atoms with E-state index in [1.165, 1.54) is 0 Å². The van der Waals surface area contributed by atoms with Crippen molar-refractivity contribution in [2.75, 3.05) is 6.54 Å². The Morgan fingerprint density at radius 1 is 0.920 bits per heavy atom. The van der Waals surface area contributed by atoms with Gasteiger partial charge in [0.05, 0.1) is 12.6 Å². The van der Waals surface area contributed by atoms with Crippen LogP contribution in [0.5, 0.6) is 0 Å². The van der Waals surface area contributed by atoms with Crippen LogP contribution < -0.4 is 5.32 Å². The molecule has 1 atom stereocenters. The van der Waals surface area contributed by atoms with Crippen molar-refractivity contribution in [3.05, 3.63) is 84.5 Å². The molecule has 1 aromatic carbocycles. The number of aromatic nitrogens is 3. The van der Waals surface area contributed by atoms with Gasteiger partial charge < -0.3 is 5.32 Å². The van der Waals surface area contributed by atoms with Crippen molar-refractivity contribution in [3.63, 3.8) is 0 Å². The van der Waals surface area contributed by atoms with Crippen molar-refractivity contribution in [1.29, 1.82) is 0 Å². The van der Waals surface area contributed by atoms with Gasteiger partial charge >= 0.3 is 0 Å². The zero-order chi connectivity index (χ0) is 16.9. The van der Waals surface area contributed by atoms with Crippen molar-refractivity contribution in [2.45, 2.75) is 6.04 Å².